The number of rotatable bonds is 5. The van der Waals surface area contributed by atoms with Crippen LogP contribution in [0.4, 0.5) is 0 Å². The van der Waals surface area contributed by atoms with Crippen LogP contribution in [0.2, 0.25) is 5.02 Å². The van der Waals surface area contributed by atoms with Gasteiger partial charge < -0.3 is 8.83 Å². The second kappa shape index (κ2) is 6.52. The molecule has 0 N–H and O–H groups in total. The lowest BCUT2D eigenvalue weighted by Gasteiger charge is -2.12. The van der Waals surface area contributed by atoms with E-state index in [2.05, 4.69) is 15.2 Å². The maximum absolute atomic E-state index is 6.20. The van der Waals surface area contributed by atoms with E-state index in [9.17, 15) is 0 Å². The molecule has 0 fully saturated rings. The number of benzene rings is 1. The quantitative estimate of drug-likeness (QED) is 0.710. The predicted molar refractivity (Wildman–Crippen MR) is 85.9 cm³/mol. The van der Waals surface area contributed by atoms with Crippen LogP contribution in [0, 0.1) is 13.8 Å². The third kappa shape index (κ3) is 3.60. The summed E-state index contributed by atoms with van der Waals surface area (Å²) in [5.41, 5.74) is 1.65. The van der Waals surface area contributed by atoms with Gasteiger partial charge in [-0.2, -0.15) is 0 Å². The molecule has 3 aromatic rings. The van der Waals surface area contributed by atoms with Gasteiger partial charge in [0.15, 0.2) is 0 Å². The van der Waals surface area contributed by atoms with Gasteiger partial charge in [0, 0.05) is 13.5 Å². The smallest absolute Gasteiger partial charge is 0.230 e. The van der Waals surface area contributed by atoms with Crippen molar-refractivity contribution in [1.29, 1.82) is 0 Å². The normalized spacial score (nSPS) is 11.3. The summed E-state index contributed by atoms with van der Waals surface area (Å²) in [7, 11) is 1.96. The molecule has 0 spiro atoms. The maximum Gasteiger partial charge on any atom is 0.230 e. The Kier molecular flexibility index (Phi) is 4.45. The second-order valence-electron chi connectivity index (χ2n) is 5.39. The number of hydrogen-bond donors (Lipinski definition) is 0. The number of halogens is 1. The number of aromatic nitrogens is 3. The summed E-state index contributed by atoms with van der Waals surface area (Å²) in [6.45, 7) is 4.83. The van der Waals surface area contributed by atoms with Crippen molar-refractivity contribution in [2.75, 3.05) is 7.05 Å². The fourth-order valence-electron chi connectivity index (χ4n) is 2.27. The third-order valence-electron chi connectivity index (χ3n) is 3.39. The van der Waals surface area contributed by atoms with Crippen molar-refractivity contribution in [3.8, 4) is 11.5 Å². The second-order valence-corrected chi connectivity index (χ2v) is 5.80. The summed E-state index contributed by atoms with van der Waals surface area (Å²) in [6, 6.07) is 7.50. The summed E-state index contributed by atoms with van der Waals surface area (Å²) in [4.78, 5) is 6.60. The molecule has 120 valence electrons. The van der Waals surface area contributed by atoms with E-state index in [0.29, 0.717) is 35.8 Å². The number of oxazole rings is 1. The molecule has 0 saturated carbocycles. The SMILES string of the molecule is Cc1nnc(CN(C)Cc2nc(-c3ccccc3Cl)oc2C)o1. The van der Waals surface area contributed by atoms with Gasteiger partial charge in [-0.05, 0) is 26.1 Å². The third-order valence-corrected chi connectivity index (χ3v) is 3.72. The largest absolute Gasteiger partial charge is 0.441 e. The van der Waals surface area contributed by atoms with Crippen LogP contribution in [0.25, 0.3) is 11.5 Å². The van der Waals surface area contributed by atoms with E-state index in [4.69, 9.17) is 20.4 Å². The van der Waals surface area contributed by atoms with E-state index in [1.165, 1.54) is 0 Å². The Bertz CT molecular complexity index is 812. The summed E-state index contributed by atoms with van der Waals surface area (Å²) < 4.78 is 11.2. The van der Waals surface area contributed by atoms with E-state index in [-0.39, 0.29) is 0 Å². The Balaban J connectivity index is 1.75. The van der Waals surface area contributed by atoms with Gasteiger partial charge in [-0.3, -0.25) is 4.90 Å². The fourth-order valence-corrected chi connectivity index (χ4v) is 2.49. The molecule has 0 amide bonds. The number of nitrogens with zero attached hydrogens (tertiary/aromatic N) is 4. The van der Waals surface area contributed by atoms with E-state index in [1.807, 2.05) is 43.1 Å². The first-order chi connectivity index (χ1) is 11.0. The van der Waals surface area contributed by atoms with Crippen LogP contribution in [0.5, 0.6) is 0 Å². The highest BCUT2D eigenvalue weighted by molar-refractivity contribution is 6.33. The molecular formula is C16H17ClN4O2. The van der Waals surface area contributed by atoms with E-state index >= 15 is 0 Å². The van der Waals surface area contributed by atoms with Gasteiger partial charge in [0.25, 0.3) is 0 Å². The average Bonchev–Trinajstić information content (AvgIpc) is 3.06. The molecule has 23 heavy (non-hydrogen) atoms. The molecule has 2 aromatic heterocycles. The molecule has 0 aliphatic rings. The van der Waals surface area contributed by atoms with E-state index in [1.54, 1.807) is 6.92 Å². The lowest BCUT2D eigenvalue weighted by atomic mass is 10.2. The van der Waals surface area contributed by atoms with Gasteiger partial charge in [0.2, 0.25) is 17.7 Å². The van der Waals surface area contributed by atoms with Gasteiger partial charge in [0.1, 0.15) is 5.76 Å². The van der Waals surface area contributed by atoms with Crippen molar-refractivity contribution in [1.82, 2.24) is 20.1 Å². The molecule has 3 rings (SSSR count). The van der Waals surface area contributed by atoms with Gasteiger partial charge in [-0.15, -0.1) is 10.2 Å². The zero-order valence-electron chi connectivity index (χ0n) is 13.2. The molecule has 0 saturated heterocycles. The Morgan fingerprint density at radius 2 is 1.87 bits per heavy atom. The van der Waals surface area contributed by atoms with Crippen LogP contribution in [-0.4, -0.2) is 27.1 Å². The van der Waals surface area contributed by atoms with E-state index < -0.39 is 0 Å². The Hall–Kier alpha value is -2.18. The zero-order chi connectivity index (χ0) is 16.4. The zero-order valence-corrected chi connectivity index (χ0v) is 14.0. The molecule has 0 atom stereocenters. The highest BCUT2D eigenvalue weighted by Gasteiger charge is 2.16. The molecule has 0 unspecified atom stereocenters. The van der Waals surface area contributed by atoms with Crippen LogP contribution in [0.1, 0.15) is 23.2 Å². The van der Waals surface area contributed by atoms with Crippen LogP contribution in [0.15, 0.2) is 33.1 Å². The molecule has 6 nitrogen and oxygen atoms in total. The van der Waals surface area contributed by atoms with Gasteiger partial charge >= 0.3 is 0 Å². The van der Waals surface area contributed by atoms with Crippen molar-refractivity contribution >= 4 is 11.6 Å². The van der Waals surface area contributed by atoms with Crippen LogP contribution >= 0.6 is 11.6 Å². The van der Waals surface area contributed by atoms with Gasteiger partial charge in [-0.1, -0.05) is 23.7 Å². The molecule has 7 heteroatoms. The standard InChI is InChI=1S/C16H17ClN4O2/c1-10-14(8-21(3)9-15-20-19-11(2)23-15)18-16(22-10)12-6-4-5-7-13(12)17/h4-7H,8-9H2,1-3H3. The summed E-state index contributed by atoms with van der Waals surface area (Å²) in [5.74, 6) is 2.45. The highest BCUT2D eigenvalue weighted by atomic mass is 35.5. The van der Waals surface area contributed by atoms with Crippen molar-refractivity contribution in [2.45, 2.75) is 26.9 Å². The average molecular weight is 333 g/mol. The molecular weight excluding hydrogens is 316 g/mol. The van der Waals surface area contributed by atoms with Gasteiger partial charge in [0.05, 0.1) is 22.8 Å². The highest BCUT2D eigenvalue weighted by Crippen LogP contribution is 2.28. The Morgan fingerprint density at radius 3 is 2.57 bits per heavy atom. The lowest BCUT2D eigenvalue weighted by Crippen LogP contribution is -2.18. The molecule has 0 radical (unpaired) electrons. The summed E-state index contributed by atoms with van der Waals surface area (Å²) in [6.07, 6.45) is 0. The minimum Gasteiger partial charge on any atom is -0.441 e. The number of hydrogen-bond acceptors (Lipinski definition) is 6. The van der Waals surface area contributed by atoms with Crippen molar-refractivity contribution in [2.24, 2.45) is 0 Å². The first-order valence-corrected chi connectivity index (χ1v) is 7.59. The minimum absolute atomic E-state index is 0.533. The predicted octanol–water partition coefficient (Wildman–Crippen LogP) is 3.63. The summed E-state index contributed by atoms with van der Waals surface area (Å²) >= 11 is 6.20. The first-order valence-electron chi connectivity index (χ1n) is 7.21. The van der Waals surface area contributed by atoms with Gasteiger partial charge in [-0.25, -0.2) is 4.98 Å². The molecule has 0 aliphatic carbocycles. The molecule has 0 aliphatic heterocycles. The monoisotopic (exact) mass is 332 g/mol. The topological polar surface area (TPSA) is 68.2 Å². The Morgan fingerprint density at radius 1 is 1.09 bits per heavy atom. The fraction of sp³-hybridized carbons (Fsp3) is 0.312. The Labute approximate surface area is 139 Å². The molecule has 1 aromatic carbocycles. The maximum atomic E-state index is 6.20. The van der Waals surface area contributed by atoms with Crippen molar-refractivity contribution in [3.63, 3.8) is 0 Å². The molecule has 2 heterocycles. The van der Waals surface area contributed by atoms with E-state index in [0.717, 1.165) is 17.0 Å². The van der Waals surface area contributed by atoms with Crippen LogP contribution < -0.4 is 0 Å². The van der Waals surface area contributed by atoms with Crippen LogP contribution in [0.3, 0.4) is 0 Å². The van der Waals surface area contributed by atoms with Crippen molar-refractivity contribution in [3.05, 3.63) is 52.5 Å². The van der Waals surface area contributed by atoms with Crippen molar-refractivity contribution < 1.29 is 8.83 Å². The summed E-state index contributed by atoms with van der Waals surface area (Å²) in [5, 5.41) is 8.44. The lowest BCUT2D eigenvalue weighted by molar-refractivity contribution is 0.275. The first kappa shape index (κ1) is 15.7. The molecule has 0 bridgehead atoms. The number of aryl methyl sites for hydroxylation is 2. The minimum atomic E-state index is 0.533. The van der Waals surface area contributed by atoms with Crippen LogP contribution in [-0.2, 0) is 13.1 Å².